The lowest BCUT2D eigenvalue weighted by molar-refractivity contribution is -0.00284. The Morgan fingerprint density at radius 1 is 1.24 bits per heavy atom. The van der Waals surface area contributed by atoms with E-state index in [0.29, 0.717) is 19.8 Å². The fourth-order valence-electron chi connectivity index (χ4n) is 3.16. The molecule has 4 nitrogen and oxygen atoms in total. The maximum Gasteiger partial charge on any atom is 0.0900 e. The molecule has 1 aliphatic heterocycles. The molecule has 1 aromatic carbocycles. The molecule has 136 valence electrons. The molecule has 0 spiro atoms. The van der Waals surface area contributed by atoms with Crippen LogP contribution < -0.4 is 0 Å². The van der Waals surface area contributed by atoms with Crippen molar-refractivity contribution >= 4 is 11.3 Å². The van der Waals surface area contributed by atoms with Crippen LogP contribution in [0.2, 0.25) is 0 Å². The van der Waals surface area contributed by atoms with Gasteiger partial charge in [0.2, 0.25) is 0 Å². The van der Waals surface area contributed by atoms with Gasteiger partial charge in [-0.05, 0) is 40.8 Å². The van der Waals surface area contributed by atoms with Gasteiger partial charge in [-0.1, -0.05) is 30.3 Å². The van der Waals surface area contributed by atoms with Gasteiger partial charge in [-0.2, -0.15) is 11.3 Å². The molecule has 0 radical (unpaired) electrons. The SMILES string of the molecule is OC(COCc1ccccc1)CN(Cc1ccsc1)CC1CCCO1. The van der Waals surface area contributed by atoms with Crippen molar-refractivity contribution < 1.29 is 14.6 Å². The number of ether oxygens (including phenoxy) is 2. The van der Waals surface area contributed by atoms with Crippen LogP contribution >= 0.6 is 11.3 Å². The van der Waals surface area contributed by atoms with Crippen molar-refractivity contribution in [1.29, 1.82) is 0 Å². The van der Waals surface area contributed by atoms with Gasteiger partial charge in [0.05, 0.1) is 25.4 Å². The monoisotopic (exact) mass is 361 g/mol. The van der Waals surface area contributed by atoms with Crippen LogP contribution in [0.15, 0.2) is 47.2 Å². The van der Waals surface area contributed by atoms with Gasteiger partial charge in [0.1, 0.15) is 0 Å². The molecule has 5 heteroatoms. The molecule has 1 saturated heterocycles. The standard InChI is InChI=1S/C20H27NO3S/c22-19(15-23-14-17-5-2-1-3-6-17)12-21(11-18-8-10-25-16-18)13-20-7-4-9-24-20/h1-3,5-6,8,10,16,19-20,22H,4,7,9,11-15H2. The number of hydrogen-bond donors (Lipinski definition) is 1. The third-order valence-electron chi connectivity index (χ3n) is 4.36. The van der Waals surface area contributed by atoms with E-state index < -0.39 is 6.10 Å². The lowest BCUT2D eigenvalue weighted by atomic mass is 10.2. The van der Waals surface area contributed by atoms with Gasteiger partial charge in [0.15, 0.2) is 0 Å². The zero-order chi connectivity index (χ0) is 17.3. The van der Waals surface area contributed by atoms with Gasteiger partial charge >= 0.3 is 0 Å². The largest absolute Gasteiger partial charge is 0.389 e. The molecular weight excluding hydrogens is 334 g/mol. The molecule has 2 aromatic rings. The number of aliphatic hydroxyl groups excluding tert-OH is 1. The molecule has 1 N–H and O–H groups in total. The zero-order valence-electron chi connectivity index (χ0n) is 14.5. The summed E-state index contributed by atoms with van der Waals surface area (Å²) < 4.78 is 11.5. The second-order valence-corrected chi connectivity index (χ2v) is 7.40. The van der Waals surface area contributed by atoms with E-state index in [1.807, 2.05) is 30.3 Å². The number of benzene rings is 1. The highest BCUT2D eigenvalue weighted by molar-refractivity contribution is 7.07. The molecule has 0 amide bonds. The second-order valence-electron chi connectivity index (χ2n) is 6.62. The Kier molecular flexibility index (Phi) is 7.45. The first-order valence-electron chi connectivity index (χ1n) is 8.94. The minimum absolute atomic E-state index is 0.288. The van der Waals surface area contributed by atoms with Crippen LogP contribution in [0.1, 0.15) is 24.0 Å². The maximum atomic E-state index is 10.4. The second kappa shape index (κ2) is 10.0. The summed E-state index contributed by atoms with van der Waals surface area (Å²) in [5, 5.41) is 14.7. The first-order chi connectivity index (χ1) is 12.3. The Balaban J connectivity index is 1.45. The summed E-state index contributed by atoms with van der Waals surface area (Å²) in [6.45, 7) is 4.06. The molecule has 2 atom stereocenters. The third-order valence-corrected chi connectivity index (χ3v) is 5.09. The van der Waals surface area contributed by atoms with E-state index >= 15 is 0 Å². The minimum Gasteiger partial charge on any atom is -0.389 e. The van der Waals surface area contributed by atoms with Crippen molar-refractivity contribution in [3.63, 3.8) is 0 Å². The van der Waals surface area contributed by atoms with E-state index in [1.54, 1.807) is 11.3 Å². The Morgan fingerprint density at radius 2 is 2.12 bits per heavy atom. The van der Waals surface area contributed by atoms with Crippen molar-refractivity contribution in [3.8, 4) is 0 Å². The van der Waals surface area contributed by atoms with Gasteiger partial charge in [-0.3, -0.25) is 4.90 Å². The van der Waals surface area contributed by atoms with Gasteiger partial charge in [-0.25, -0.2) is 0 Å². The van der Waals surface area contributed by atoms with E-state index in [-0.39, 0.29) is 6.10 Å². The first kappa shape index (κ1) is 18.5. The molecule has 0 aliphatic carbocycles. The van der Waals surface area contributed by atoms with Crippen LogP contribution in [-0.4, -0.2) is 48.5 Å². The summed E-state index contributed by atoms with van der Waals surface area (Å²) in [4.78, 5) is 2.29. The summed E-state index contributed by atoms with van der Waals surface area (Å²) in [6.07, 6.45) is 2.04. The summed E-state index contributed by atoms with van der Waals surface area (Å²) in [6, 6.07) is 12.2. The molecule has 0 saturated carbocycles. The highest BCUT2D eigenvalue weighted by Crippen LogP contribution is 2.16. The smallest absolute Gasteiger partial charge is 0.0900 e. The van der Waals surface area contributed by atoms with Crippen LogP contribution in [0.5, 0.6) is 0 Å². The maximum absolute atomic E-state index is 10.4. The van der Waals surface area contributed by atoms with Crippen LogP contribution in [-0.2, 0) is 22.6 Å². The quantitative estimate of drug-likeness (QED) is 0.705. The van der Waals surface area contributed by atoms with Crippen LogP contribution in [0.4, 0.5) is 0 Å². The van der Waals surface area contributed by atoms with Gasteiger partial charge in [0.25, 0.3) is 0 Å². The molecule has 1 fully saturated rings. The predicted octanol–water partition coefficient (Wildman–Crippen LogP) is 3.31. The lowest BCUT2D eigenvalue weighted by Crippen LogP contribution is -2.39. The Morgan fingerprint density at radius 3 is 2.84 bits per heavy atom. The molecule has 2 unspecified atom stereocenters. The van der Waals surface area contributed by atoms with E-state index in [4.69, 9.17) is 9.47 Å². The fourth-order valence-corrected chi connectivity index (χ4v) is 3.82. The third kappa shape index (κ3) is 6.53. The summed E-state index contributed by atoms with van der Waals surface area (Å²) >= 11 is 1.71. The van der Waals surface area contributed by atoms with Crippen molar-refractivity contribution in [3.05, 3.63) is 58.3 Å². The van der Waals surface area contributed by atoms with Crippen molar-refractivity contribution in [2.24, 2.45) is 0 Å². The lowest BCUT2D eigenvalue weighted by Gasteiger charge is -2.27. The van der Waals surface area contributed by atoms with Crippen LogP contribution in [0.25, 0.3) is 0 Å². The number of rotatable bonds is 10. The minimum atomic E-state index is -0.497. The molecular formula is C20H27NO3S. The fraction of sp³-hybridized carbons (Fsp3) is 0.500. The normalized spacial score (nSPS) is 18.7. The Hall–Kier alpha value is -1.24. The highest BCUT2D eigenvalue weighted by atomic mass is 32.1. The van der Waals surface area contributed by atoms with E-state index in [1.165, 1.54) is 5.56 Å². The molecule has 2 heterocycles. The summed E-state index contributed by atoms with van der Waals surface area (Å²) in [7, 11) is 0. The topological polar surface area (TPSA) is 41.9 Å². The molecule has 0 bridgehead atoms. The predicted molar refractivity (Wildman–Crippen MR) is 101 cm³/mol. The molecule has 25 heavy (non-hydrogen) atoms. The van der Waals surface area contributed by atoms with Crippen LogP contribution in [0, 0.1) is 0 Å². The Bertz CT molecular complexity index is 584. The first-order valence-corrected chi connectivity index (χ1v) is 9.88. The van der Waals surface area contributed by atoms with Crippen molar-refractivity contribution in [2.45, 2.75) is 38.2 Å². The average molecular weight is 362 g/mol. The molecule has 1 aromatic heterocycles. The number of aliphatic hydroxyl groups is 1. The summed E-state index contributed by atoms with van der Waals surface area (Å²) in [5.74, 6) is 0. The highest BCUT2D eigenvalue weighted by Gasteiger charge is 2.21. The number of hydrogen-bond acceptors (Lipinski definition) is 5. The van der Waals surface area contributed by atoms with Gasteiger partial charge in [0, 0.05) is 26.2 Å². The molecule has 1 aliphatic rings. The van der Waals surface area contributed by atoms with E-state index in [9.17, 15) is 5.11 Å². The van der Waals surface area contributed by atoms with E-state index in [2.05, 4.69) is 21.7 Å². The van der Waals surface area contributed by atoms with Crippen molar-refractivity contribution in [1.82, 2.24) is 4.90 Å². The number of thiophene rings is 1. The van der Waals surface area contributed by atoms with Gasteiger partial charge in [-0.15, -0.1) is 0 Å². The van der Waals surface area contributed by atoms with Crippen LogP contribution in [0.3, 0.4) is 0 Å². The Labute approximate surface area is 154 Å². The molecule has 3 rings (SSSR count). The van der Waals surface area contributed by atoms with E-state index in [0.717, 1.165) is 38.1 Å². The zero-order valence-corrected chi connectivity index (χ0v) is 15.4. The summed E-state index contributed by atoms with van der Waals surface area (Å²) in [5.41, 5.74) is 2.42. The number of nitrogens with zero attached hydrogens (tertiary/aromatic N) is 1. The van der Waals surface area contributed by atoms with Crippen molar-refractivity contribution in [2.75, 3.05) is 26.3 Å². The van der Waals surface area contributed by atoms with Gasteiger partial charge < -0.3 is 14.6 Å². The average Bonchev–Trinajstić information content (AvgIpc) is 3.30.